The van der Waals surface area contributed by atoms with E-state index in [0.29, 0.717) is 24.9 Å². The summed E-state index contributed by atoms with van der Waals surface area (Å²) >= 11 is 0. The topological polar surface area (TPSA) is 81.2 Å². The Morgan fingerprint density at radius 3 is 2.29 bits per heavy atom. The lowest BCUT2D eigenvalue weighted by atomic mass is 9.89. The molecule has 4 rings (SSSR count). The molecule has 0 unspecified atom stereocenters. The van der Waals surface area contributed by atoms with Crippen LogP contribution in [0.2, 0.25) is 0 Å². The van der Waals surface area contributed by atoms with Gasteiger partial charge in [-0.15, -0.1) is 0 Å². The van der Waals surface area contributed by atoms with E-state index in [0.717, 1.165) is 11.3 Å². The molecule has 24 heavy (non-hydrogen) atoms. The second-order valence-electron chi connectivity index (χ2n) is 7.87. The number of amides is 2. The lowest BCUT2D eigenvalue weighted by Gasteiger charge is -2.23. The summed E-state index contributed by atoms with van der Waals surface area (Å²) in [5.41, 5.74) is 7.75. The first-order valence-corrected chi connectivity index (χ1v) is 9.04. The first-order valence-electron chi connectivity index (χ1n) is 9.04. The van der Waals surface area contributed by atoms with Crippen LogP contribution in [-0.2, 0) is 16.6 Å². The Kier molecular flexibility index (Phi) is 3.66. The SMILES string of the molecule is Cc1c([C@H]2CN(C(=O)C(C3CC3)C3CC3)C[C@@H]2C(N)=O)cnn1C. The van der Waals surface area contributed by atoms with Gasteiger partial charge in [-0.2, -0.15) is 5.10 Å². The Bertz CT molecular complexity index is 663. The number of aromatic nitrogens is 2. The zero-order chi connectivity index (χ0) is 17.0. The highest BCUT2D eigenvalue weighted by Gasteiger charge is 2.49. The lowest BCUT2D eigenvalue weighted by Crippen LogP contribution is -2.37. The number of hydrogen-bond acceptors (Lipinski definition) is 3. The molecule has 1 aromatic rings. The summed E-state index contributed by atoms with van der Waals surface area (Å²) in [6.07, 6.45) is 6.57. The number of hydrogen-bond donors (Lipinski definition) is 1. The van der Waals surface area contributed by atoms with E-state index in [1.54, 1.807) is 0 Å². The van der Waals surface area contributed by atoms with Crippen molar-refractivity contribution >= 4 is 11.8 Å². The molecule has 0 spiro atoms. The first kappa shape index (κ1) is 15.7. The third kappa shape index (κ3) is 2.62. The van der Waals surface area contributed by atoms with Crippen LogP contribution in [0.1, 0.15) is 42.9 Å². The molecule has 0 radical (unpaired) electrons. The highest BCUT2D eigenvalue weighted by molar-refractivity contribution is 5.84. The second-order valence-corrected chi connectivity index (χ2v) is 7.87. The zero-order valence-corrected chi connectivity index (χ0v) is 14.4. The number of rotatable bonds is 5. The Hall–Kier alpha value is -1.85. The normalized spacial score (nSPS) is 27.0. The van der Waals surface area contributed by atoms with Crippen LogP contribution >= 0.6 is 0 Å². The molecule has 1 aliphatic heterocycles. The fourth-order valence-corrected chi connectivity index (χ4v) is 4.38. The number of nitrogens with two attached hydrogens (primary N) is 1. The second kappa shape index (κ2) is 5.60. The molecular weight excluding hydrogens is 304 g/mol. The number of carbonyl (C=O) groups is 2. The third-order valence-corrected chi connectivity index (χ3v) is 6.21. The van der Waals surface area contributed by atoms with E-state index in [2.05, 4.69) is 5.10 Å². The summed E-state index contributed by atoms with van der Waals surface area (Å²) in [4.78, 5) is 27.0. The van der Waals surface area contributed by atoms with Gasteiger partial charge in [-0.05, 0) is 50.0 Å². The van der Waals surface area contributed by atoms with Crippen molar-refractivity contribution in [2.24, 2.45) is 36.5 Å². The summed E-state index contributed by atoms with van der Waals surface area (Å²) < 4.78 is 1.81. The van der Waals surface area contributed by atoms with Gasteiger partial charge in [-0.3, -0.25) is 14.3 Å². The van der Waals surface area contributed by atoms with Gasteiger partial charge >= 0.3 is 0 Å². The summed E-state index contributed by atoms with van der Waals surface area (Å²) in [7, 11) is 1.90. The number of primary amides is 1. The Morgan fingerprint density at radius 2 is 1.83 bits per heavy atom. The van der Waals surface area contributed by atoms with Crippen LogP contribution in [0.15, 0.2) is 6.20 Å². The largest absolute Gasteiger partial charge is 0.369 e. The maximum Gasteiger partial charge on any atom is 0.226 e. The van der Waals surface area contributed by atoms with Gasteiger partial charge in [-0.1, -0.05) is 0 Å². The van der Waals surface area contributed by atoms with Crippen LogP contribution in [0.5, 0.6) is 0 Å². The molecule has 3 aliphatic rings. The average Bonchev–Trinajstić information content (AvgIpc) is 3.47. The molecule has 2 amide bonds. The minimum absolute atomic E-state index is 0.0285. The van der Waals surface area contributed by atoms with E-state index in [-0.39, 0.29) is 29.6 Å². The van der Waals surface area contributed by atoms with Crippen molar-refractivity contribution in [2.75, 3.05) is 13.1 Å². The molecular formula is C18H26N4O2. The van der Waals surface area contributed by atoms with Crippen molar-refractivity contribution in [3.05, 3.63) is 17.5 Å². The van der Waals surface area contributed by atoms with E-state index in [1.165, 1.54) is 25.7 Å². The molecule has 2 heterocycles. The Morgan fingerprint density at radius 1 is 1.21 bits per heavy atom. The molecule has 6 nitrogen and oxygen atoms in total. The van der Waals surface area contributed by atoms with Crippen LogP contribution in [0.25, 0.3) is 0 Å². The number of nitrogens with zero attached hydrogens (tertiary/aromatic N) is 3. The molecule has 2 atom stereocenters. The fraction of sp³-hybridized carbons (Fsp3) is 0.722. The minimum atomic E-state index is -0.312. The predicted octanol–water partition coefficient (Wildman–Crippen LogP) is 1.19. The molecule has 0 bridgehead atoms. The molecule has 1 saturated heterocycles. The quantitative estimate of drug-likeness (QED) is 0.880. The summed E-state index contributed by atoms with van der Waals surface area (Å²) in [5, 5.41) is 4.30. The van der Waals surface area contributed by atoms with Gasteiger partial charge < -0.3 is 10.6 Å². The fourth-order valence-electron chi connectivity index (χ4n) is 4.38. The van der Waals surface area contributed by atoms with Crippen molar-refractivity contribution < 1.29 is 9.59 Å². The molecule has 3 fully saturated rings. The van der Waals surface area contributed by atoms with Gasteiger partial charge in [-0.25, -0.2) is 0 Å². The van der Waals surface area contributed by atoms with E-state index >= 15 is 0 Å². The first-order chi connectivity index (χ1) is 11.5. The standard InChI is InChI=1S/C18H26N4O2/c1-10-13(7-20-21(10)2)14-8-22(9-15(14)17(19)23)18(24)16(11-3-4-11)12-5-6-12/h7,11-12,14-16H,3-6,8-9H2,1-2H3,(H2,19,23)/t14-,15+/m1/s1. The maximum absolute atomic E-state index is 13.1. The van der Waals surface area contributed by atoms with Gasteiger partial charge in [0.1, 0.15) is 0 Å². The Labute approximate surface area is 142 Å². The van der Waals surface area contributed by atoms with Gasteiger partial charge in [0.25, 0.3) is 0 Å². The molecule has 2 N–H and O–H groups in total. The van der Waals surface area contributed by atoms with Crippen LogP contribution < -0.4 is 5.73 Å². The van der Waals surface area contributed by atoms with Crippen LogP contribution in [0.4, 0.5) is 0 Å². The molecule has 130 valence electrons. The van der Waals surface area contributed by atoms with Crippen LogP contribution in [0, 0.1) is 30.6 Å². The lowest BCUT2D eigenvalue weighted by molar-refractivity contribution is -0.136. The van der Waals surface area contributed by atoms with Crippen molar-refractivity contribution in [1.82, 2.24) is 14.7 Å². The zero-order valence-electron chi connectivity index (χ0n) is 14.4. The maximum atomic E-state index is 13.1. The van der Waals surface area contributed by atoms with Gasteiger partial charge in [0.2, 0.25) is 11.8 Å². The molecule has 0 aromatic carbocycles. The minimum Gasteiger partial charge on any atom is -0.369 e. The summed E-state index contributed by atoms with van der Waals surface area (Å²) in [6, 6.07) is 0. The van der Waals surface area contributed by atoms with E-state index in [1.807, 2.05) is 29.7 Å². The highest BCUT2D eigenvalue weighted by Crippen LogP contribution is 2.50. The molecule has 2 aliphatic carbocycles. The molecule has 6 heteroatoms. The monoisotopic (exact) mass is 330 g/mol. The summed E-state index contributed by atoms with van der Waals surface area (Å²) in [6.45, 7) is 3.06. The molecule has 2 saturated carbocycles. The van der Waals surface area contributed by atoms with Crippen molar-refractivity contribution in [1.29, 1.82) is 0 Å². The van der Waals surface area contributed by atoms with Crippen molar-refractivity contribution in [2.45, 2.75) is 38.5 Å². The molecule has 1 aromatic heterocycles. The van der Waals surface area contributed by atoms with E-state index in [4.69, 9.17) is 5.73 Å². The number of carbonyl (C=O) groups excluding carboxylic acids is 2. The van der Waals surface area contributed by atoms with Crippen LogP contribution in [-0.4, -0.2) is 39.6 Å². The highest BCUT2D eigenvalue weighted by atomic mass is 16.2. The third-order valence-electron chi connectivity index (χ3n) is 6.21. The van der Waals surface area contributed by atoms with E-state index < -0.39 is 0 Å². The van der Waals surface area contributed by atoms with Gasteiger partial charge in [0, 0.05) is 37.7 Å². The summed E-state index contributed by atoms with van der Waals surface area (Å²) in [5.74, 6) is 0.957. The van der Waals surface area contributed by atoms with Crippen LogP contribution in [0.3, 0.4) is 0 Å². The van der Waals surface area contributed by atoms with E-state index in [9.17, 15) is 9.59 Å². The van der Waals surface area contributed by atoms with Crippen molar-refractivity contribution in [3.63, 3.8) is 0 Å². The van der Waals surface area contributed by atoms with Gasteiger partial charge in [0.15, 0.2) is 0 Å². The van der Waals surface area contributed by atoms with Crippen molar-refractivity contribution in [3.8, 4) is 0 Å². The van der Waals surface area contributed by atoms with Gasteiger partial charge in [0.05, 0.1) is 12.1 Å². The average molecular weight is 330 g/mol. The predicted molar refractivity (Wildman–Crippen MR) is 88.9 cm³/mol. The number of likely N-dealkylation sites (tertiary alicyclic amines) is 1. The smallest absolute Gasteiger partial charge is 0.226 e. The Balaban J connectivity index is 1.57. The number of aryl methyl sites for hydroxylation is 1.